The number of H-pyrrole nitrogens is 1. The molecule has 0 spiro atoms. The van der Waals surface area contributed by atoms with E-state index in [9.17, 15) is 0 Å². The van der Waals surface area contributed by atoms with Gasteiger partial charge in [0, 0.05) is 0 Å². The molecule has 0 bridgehead atoms. The quantitative estimate of drug-likeness (QED) is 0.531. The monoisotopic (exact) mass is 213 g/mol. The van der Waals surface area contributed by atoms with Gasteiger partial charge in [0.2, 0.25) is 0 Å². The SMILES string of the molecule is [S-]c1nc2ccccc2[nH]1.[Zn+2]. The van der Waals surface area contributed by atoms with E-state index in [0.29, 0.717) is 5.16 Å². The Kier molecular flexibility index (Phi) is 2.58. The summed E-state index contributed by atoms with van der Waals surface area (Å²) in [5.74, 6) is 0. The number of hydrogen-bond donors (Lipinski definition) is 1. The van der Waals surface area contributed by atoms with Crippen molar-refractivity contribution in [1.29, 1.82) is 0 Å². The third-order valence-corrected chi connectivity index (χ3v) is 1.56. The van der Waals surface area contributed by atoms with E-state index in [4.69, 9.17) is 12.6 Å². The normalized spacial score (nSPS) is 9.45. The molecule has 0 aliphatic rings. The van der Waals surface area contributed by atoms with Crippen LogP contribution in [-0.2, 0) is 32.1 Å². The number of imidazole rings is 1. The summed E-state index contributed by atoms with van der Waals surface area (Å²) in [6.07, 6.45) is 0. The van der Waals surface area contributed by atoms with Crippen molar-refractivity contribution < 1.29 is 19.5 Å². The number of benzene rings is 1. The fraction of sp³-hybridized carbons (Fsp3) is 0. The van der Waals surface area contributed by atoms with E-state index in [1.54, 1.807) is 0 Å². The number of hydrogen-bond acceptors (Lipinski definition) is 2. The molecule has 1 N–H and O–H groups in total. The van der Waals surface area contributed by atoms with E-state index in [-0.39, 0.29) is 19.5 Å². The Morgan fingerprint density at radius 3 is 2.73 bits per heavy atom. The largest absolute Gasteiger partial charge is 2.00 e. The maximum absolute atomic E-state index is 4.85. The number of nitrogens with one attached hydrogen (secondary N) is 1. The molecule has 0 atom stereocenters. The van der Waals surface area contributed by atoms with Crippen LogP contribution >= 0.6 is 0 Å². The van der Waals surface area contributed by atoms with Crippen molar-refractivity contribution in [2.24, 2.45) is 0 Å². The smallest absolute Gasteiger partial charge is 0.742 e. The molecule has 2 aromatic rings. The van der Waals surface area contributed by atoms with Gasteiger partial charge in [0.15, 0.2) is 0 Å². The van der Waals surface area contributed by atoms with Crippen LogP contribution in [0.3, 0.4) is 0 Å². The van der Waals surface area contributed by atoms with Crippen LogP contribution in [0.4, 0.5) is 0 Å². The Balaban J connectivity index is 0.000000605. The van der Waals surface area contributed by atoms with Gasteiger partial charge >= 0.3 is 19.5 Å². The molecule has 2 nitrogen and oxygen atoms in total. The first-order chi connectivity index (χ1) is 4.86. The van der Waals surface area contributed by atoms with E-state index in [2.05, 4.69) is 9.97 Å². The van der Waals surface area contributed by atoms with Crippen LogP contribution in [-0.4, -0.2) is 9.97 Å². The van der Waals surface area contributed by atoms with Crippen LogP contribution in [0.15, 0.2) is 29.4 Å². The molecule has 0 amide bonds. The van der Waals surface area contributed by atoms with Crippen molar-refractivity contribution in [1.82, 2.24) is 9.97 Å². The van der Waals surface area contributed by atoms with E-state index in [1.807, 2.05) is 24.3 Å². The molecule has 11 heavy (non-hydrogen) atoms. The molecule has 50 valence electrons. The molecular formula is C7H5N2SZn+. The first-order valence-electron chi connectivity index (χ1n) is 2.98. The van der Waals surface area contributed by atoms with E-state index < -0.39 is 0 Å². The summed E-state index contributed by atoms with van der Waals surface area (Å²) in [6, 6.07) is 7.78. The van der Waals surface area contributed by atoms with Gasteiger partial charge in [-0.1, -0.05) is 12.1 Å². The molecule has 0 fully saturated rings. The van der Waals surface area contributed by atoms with Crippen molar-refractivity contribution in [3.63, 3.8) is 0 Å². The van der Waals surface area contributed by atoms with Crippen LogP contribution < -0.4 is 0 Å². The maximum atomic E-state index is 4.85. The van der Waals surface area contributed by atoms with Crippen molar-refractivity contribution in [3.05, 3.63) is 24.3 Å². The van der Waals surface area contributed by atoms with Gasteiger partial charge in [0.05, 0.1) is 11.0 Å². The summed E-state index contributed by atoms with van der Waals surface area (Å²) in [5, 5.41) is 0.557. The van der Waals surface area contributed by atoms with Crippen LogP contribution in [0.2, 0.25) is 0 Å². The van der Waals surface area contributed by atoms with Gasteiger partial charge < -0.3 is 17.6 Å². The first-order valence-corrected chi connectivity index (χ1v) is 3.39. The minimum Gasteiger partial charge on any atom is -0.742 e. The van der Waals surface area contributed by atoms with Crippen LogP contribution in [0, 0.1) is 0 Å². The fourth-order valence-electron chi connectivity index (χ4n) is 0.929. The average molecular weight is 215 g/mol. The van der Waals surface area contributed by atoms with Crippen molar-refractivity contribution in [2.45, 2.75) is 5.16 Å². The summed E-state index contributed by atoms with van der Waals surface area (Å²) in [4.78, 5) is 7.03. The second-order valence-corrected chi connectivity index (χ2v) is 2.45. The Morgan fingerprint density at radius 1 is 1.27 bits per heavy atom. The Hall–Kier alpha value is -0.467. The van der Waals surface area contributed by atoms with Gasteiger partial charge in [-0.2, -0.15) is 0 Å². The van der Waals surface area contributed by atoms with Crippen molar-refractivity contribution in [2.75, 3.05) is 0 Å². The van der Waals surface area contributed by atoms with Crippen LogP contribution in [0.1, 0.15) is 0 Å². The fourth-order valence-corrected chi connectivity index (χ4v) is 1.14. The van der Waals surface area contributed by atoms with Gasteiger partial charge in [-0.15, -0.1) is 0 Å². The minimum absolute atomic E-state index is 0. The third-order valence-electron chi connectivity index (χ3n) is 1.37. The summed E-state index contributed by atoms with van der Waals surface area (Å²) in [5.41, 5.74) is 1.94. The molecule has 0 aliphatic carbocycles. The average Bonchev–Trinajstić information content (AvgIpc) is 2.27. The second-order valence-electron chi connectivity index (χ2n) is 2.06. The van der Waals surface area contributed by atoms with Crippen LogP contribution in [0.5, 0.6) is 0 Å². The number of aromatic nitrogens is 2. The zero-order valence-electron chi connectivity index (χ0n) is 5.87. The predicted octanol–water partition coefficient (Wildman–Crippen LogP) is 1.47. The van der Waals surface area contributed by atoms with Crippen LogP contribution in [0.25, 0.3) is 11.0 Å². The predicted molar refractivity (Wildman–Crippen MR) is 41.7 cm³/mol. The Bertz CT molecular complexity index is 325. The minimum atomic E-state index is 0. The first kappa shape index (κ1) is 8.63. The molecular weight excluding hydrogens is 210 g/mol. The summed E-state index contributed by atoms with van der Waals surface area (Å²) < 4.78 is 0. The number of nitrogens with zero attached hydrogens (tertiary/aromatic N) is 1. The molecule has 0 saturated heterocycles. The summed E-state index contributed by atoms with van der Waals surface area (Å²) >= 11 is 4.85. The molecule has 1 heterocycles. The Morgan fingerprint density at radius 2 is 2.00 bits per heavy atom. The number of fused-ring (bicyclic) bond motifs is 1. The van der Waals surface area contributed by atoms with Gasteiger partial charge in [-0.25, -0.2) is 0 Å². The zero-order valence-corrected chi connectivity index (χ0v) is 9.66. The molecule has 0 aliphatic heterocycles. The van der Waals surface area contributed by atoms with Gasteiger partial charge in [0.25, 0.3) is 0 Å². The van der Waals surface area contributed by atoms with Gasteiger partial charge in [-0.05, 0) is 17.3 Å². The second kappa shape index (κ2) is 3.29. The van der Waals surface area contributed by atoms with E-state index in [1.165, 1.54) is 0 Å². The molecule has 1 aromatic heterocycles. The zero-order chi connectivity index (χ0) is 6.97. The van der Waals surface area contributed by atoms with Gasteiger partial charge in [0.1, 0.15) is 0 Å². The molecule has 0 radical (unpaired) electrons. The summed E-state index contributed by atoms with van der Waals surface area (Å²) in [6.45, 7) is 0. The Labute approximate surface area is 82.6 Å². The number of aromatic amines is 1. The summed E-state index contributed by atoms with van der Waals surface area (Å²) in [7, 11) is 0. The number of rotatable bonds is 0. The van der Waals surface area contributed by atoms with E-state index >= 15 is 0 Å². The topological polar surface area (TPSA) is 28.7 Å². The molecule has 0 unspecified atom stereocenters. The third kappa shape index (κ3) is 1.58. The molecule has 0 saturated carbocycles. The number of para-hydroxylation sites is 2. The van der Waals surface area contributed by atoms with Crippen molar-refractivity contribution in [3.8, 4) is 0 Å². The maximum Gasteiger partial charge on any atom is 2.00 e. The molecule has 4 heteroatoms. The van der Waals surface area contributed by atoms with Crippen molar-refractivity contribution >= 4 is 23.7 Å². The molecule has 1 aromatic carbocycles. The van der Waals surface area contributed by atoms with Gasteiger partial charge in [-0.3, -0.25) is 4.98 Å². The van der Waals surface area contributed by atoms with E-state index in [0.717, 1.165) is 11.0 Å². The standard InChI is InChI=1S/C7H6N2S.Zn/c10-7-8-5-3-1-2-4-6(5)9-7;/h1-4H,(H2,8,9,10);/q;+2/p-1. The molecule has 2 rings (SSSR count).